The lowest BCUT2D eigenvalue weighted by Crippen LogP contribution is -2.30. The molecule has 7 nitrogen and oxygen atoms in total. The fourth-order valence-electron chi connectivity index (χ4n) is 4.65. The zero-order valence-corrected chi connectivity index (χ0v) is 27.4. The molecule has 0 saturated carbocycles. The van der Waals surface area contributed by atoms with E-state index in [1.54, 1.807) is 66.7 Å². The number of thioether (sulfide) groups is 1. The molecule has 0 aliphatic rings. The zero-order valence-electron chi connectivity index (χ0n) is 25.8. The van der Waals surface area contributed by atoms with Gasteiger partial charge in [-0.05, 0) is 73.2 Å². The van der Waals surface area contributed by atoms with Crippen molar-refractivity contribution in [1.82, 2.24) is 5.32 Å². The Balaban J connectivity index is 1.40. The van der Waals surface area contributed by atoms with E-state index >= 15 is 0 Å². The molecule has 1 unspecified atom stereocenters. The Kier molecular flexibility index (Phi) is 11.6. The molecule has 0 fully saturated rings. The normalized spacial score (nSPS) is 11.7. The van der Waals surface area contributed by atoms with Crippen molar-refractivity contribution in [2.45, 2.75) is 17.1 Å². The summed E-state index contributed by atoms with van der Waals surface area (Å²) in [6.07, 6.45) is 1.57. The molecule has 242 valence electrons. The van der Waals surface area contributed by atoms with Crippen LogP contribution in [-0.2, 0) is 9.59 Å². The highest BCUT2D eigenvalue weighted by Gasteiger charge is 2.23. The first-order valence-electron chi connectivity index (χ1n) is 15.0. The molecule has 0 aliphatic heterocycles. The quantitative estimate of drug-likeness (QED) is 0.0905. The summed E-state index contributed by atoms with van der Waals surface area (Å²) in [4.78, 5) is 41.1. The van der Waals surface area contributed by atoms with Crippen LogP contribution in [0.4, 0.5) is 15.8 Å². The summed E-state index contributed by atoms with van der Waals surface area (Å²) in [5, 5.41) is 7.65. The third-order valence-corrected chi connectivity index (χ3v) is 8.46. The molecular formula is C38H31ClFN3O4S. The minimum Gasteiger partial charge on any atom is -0.493 e. The number of para-hydroxylation sites is 1. The first-order chi connectivity index (χ1) is 23.3. The van der Waals surface area contributed by atoms with Crippen molar-refractivity contribution in [3.63, 3.8) is 0 Å². The lowest BCUT2D eigenvalue weighted by Gasteiger charge is -2.18. The molecule has 5 aromatic carbocycles. The highest BCUT2D eigenvalue weighted by Crippen LogP contribution is 2.37. The number of carbonyl (C=O) groups excluding carboxylic acids is 3. The maximum Gasteiger partial charge on any atom is 0.272 e. The highest BCUT2D eigenvalue weighted by molar-refractivity contribution is 8.00. The van der Waals surface area contributed by atoms with E-state index in [1.165, 1.54) is 30.0 Å². The van der Waals surface area contributed by atoms with Crippen molar-refractivity contribution >= 4 is 58.5 Å². The van der Waals surface area contributed by atoms with Gasteiger partial charge in [0.2, 0.25) is 5.91 Å². The second kappa shape index (κ2) is 16.4. The largest absolute Gasteiger partial charge is 0.493 e. The number of nitrogens with one attached hydrogen (secondary N) is 3. The highest BCUT2D eigenvalue weighted by atomic mass is 35.5. The van der Waals surface area contributed by atoms with Crippen LogP contribution in [0.25, 0.3) is 6.08 Å². The van der Waals surface area contributed by atoms with E-state index in [0.29, 0.717) is 39.8 Å². The fourth-order valence-corrected chi connectivity index (χ4v) is 5.91. The van der Waals surface area contributed by atoms with Crippen molar-refractivity contribution in [2.24, 2.45) is 0 Å². The van der Waals surface area contributed by atoms with Gasteiger partial charge in [0.15, 0.2) is 0 Å². The second-order valence-corrected chi connectivity index (χ2v) is 11.9. The summed E-state index contributed by atoms with van der Waals surface area (Å²) in [6.45, 7) is 2.29. The van der Waals surface area contributed by atoms with Gasteiger partial charge in [0.05, 0.1) is 11.6 Å². The minimum absolute atomic E-state index is 0.00793. The van der Waals surface area contributed by atoms with Crippen LogP contribution in [0.2, 0.25) is 5.02 Å². The van der Waals surface area contributed by atoms with Crippen LogP contribution in [0.15, 0.2) is 138 Å². The number of benzene rings is 5. The average molecular weight is 680 g/mol. The predicted molar refractivity (Wildman–Crippen MR) is 190 cm³/mol. The van der Waals surface area contributed by atoms with Gasteiger partial charge in [-0.1, -0.05) is 84.4 Å². The Labute approximate surface area is 287 Å². The number of hydrogen-bond donors (Lipinski definition) is 3. The van der Waals surface area contributed by atoms with Gasteiger partial charge in [-0.3, -0.25) is 14.4 Å². The zero-order chi connectivity index (χ0) is 33.9. The summed E-state index contributed by atoms with van der Waals surface area (Å²) in [5.74, 6) is -1.37. The van der Waals surface area contributed by atoms with Crippen LogP contribution in [0.1, 0.15) is 33.7 Å². The van der Waals surface area contributed by atoms with Crippen LogP contribution in [0.5, 0.6) is 5.75 Å². The molecule has 0 saturated heterocycles. The van der Waals surface area contributed by atoms with E-state index in [-0.39, 0.29) is 16.6 Å². The predicted octanol–water partition coefficient (Wildman–Crippen LogP) is 8.76. The number of carbonyl (C=O) groups is 3. The molecule has 0 aliphatic carbocycles. The summed E-state index contributed by atoms with van der Waals surface area (Å²) in [6, 6.07) is 36.0. The Hall–Kier alpha value is -5.38. The third kappa shape index (κ3) is 9.12. The van der Waals surface area contributed by atoms with E-state index in [2.05, 4.69) is 16.0 Å². The van der Waals surface area contributed by atoms with Crippen LogP contribution in [0, 0.1) is 5.82 Å². The smallest absolute Gasteiger partial charge is 0.272 e. The van der Waals surface area contributed by atoms with Gasteiger partial charge in [0.1, 0.15) is 22.5 Å². The van der Waals surface area contributed by atoms with Crippen molar-refractivity contribution in [2.75, 3.05) is 17.2 Å². The number of rotatable bonds is 12. The monoisotopic (exact) mass is 679 g/mol. The van der Waals surface area contributed by atoms with Crippen molar-refractivity contribution in [3.05, 3.63) is 161 Å². The van der Waals surface area contributed by atoms with Crippen molar-refractivity contribution in [3.8, 4) is 5.75 Å². The maximum absolute atomic E-state index is 13.7. The Morgan fingerprint density at radius 3 is 2.23 bits per heavy atom. The maximum atomic E-state index is 13.7. The number of hydrogen-bond acceptors (Lipinski definition) is 5. The SMILES string of the molecule is CCOc1ccccc1/C=C(/NC(=O)c1ccccc1)C(=O)Nc1cccc(SC(C(=O)Nc2ccc(F)c(Cl)c2)c2ccccc2)c1. The first-order valence-corrected chi connectivity index (χ1v) is 16.3. The molecule has 5 aromatic rings. The van der Waals surface area contributed by atoms with Crippen molar-refractivity contribution < 1.29 is 23.5 Å². The number of halogens is 2. The summed E-state index contributed by atoms with van der Waals surface area (Å²) >= 11 is 7.20. The van der Waals surface area contributed by atoms with Gasteiger partial charge in [-0.2, -0.15) is 0 Å². The molecule has 1 atom stereocenters. The summed E-state index contributed by atoms with van der Waals surface area (Å²) in [7, 11) is 0. The standard InChI is InChI=1S/C38H31ClFN3O4S/c1-2-47-34-19-10-9-16-27(34)22-33(43-36(44)26-14-7-4-8-15-26)37(45)41-28-17-11-18-30(23-28)48-35(25-12-5-3-6-13-25)38(46)42-29-20-21-32(40)31(39)24-29/h3-24,35H,2H2,1H3,(H,41,45)(H,42,46)(H,43,44)/b33-22+. The van der Waals surface area contributed by atoms with Gasteiger partial charge in [0, 0.05) is 27.4 Å². The van der Waals surface area contributed by atoms with Gasteiger partial charge in [0.25, 0.3) is 11.8 Å². The average Bonchev–Trinajstić information content (AvgIpc) is 3.10. The minimum atomic E-state index is -0.698. The van der Waals surface area contributed by atoms with E-state index in [0.717, 1.165) is 5.56 Å². The second-order valence-electron chi connectivity index (χ2n) is 10.4. The van der Waals surface area contributed by atoms with Crippen LogP contribution >= 0.6 is 23.4 Å². The van der Waals surface area contributed by atoms with Crippen LogP contribution in [-0.4, -0.2) is 24.3 Å². The number of ether oxygens (including phenoxy) is 1. The molecule has 0 spiro atoms. The fraction of sp³-hybridized carbons (Fsp3) is 0.0789. The Morgan fingerprint density at radius 1 is 0.812 bits per heavy atom. The third-order valence-electron chi connectivity index (χ3n) is 6.92. The lowest BCUT2D eigenvalue weighted by atomic mass is 10.1. The molecular weight excluding hydrogens is 649 g/mol. The first kappa shape index (κ1) is 34.0. The molecule has 10 heteroatoms. The summed E-state index contributed by atoms with van der Waals surface area (Å²) < 4.78 is 19.4. The molecule has 0 heterocycles. The molecule has 0 aromatic heterocycles. The van der Waals surface area contributed by atoms with Gasteiger partial charge < -0.3 is 20.7 Å². The van der Waals surface area contributed by atoms with Crippen LogP contribution < -0.4 is 20.7 Å². The molecule has 0 radical (unpaired) electrons. The van der Waals surface area contributed by atoms with Crippen molar-refractivity contribution in [1.29, 1.82) is 0 Å². The van der Waals surface area contributed by atoms with Gasteiger partial charge in [-0.25, -0.2) is 4.39 Å². The molecule has 48 heavy (non-hydrogen) atoms. The summed E-state index contributed by atoms with van der Waals surface area (Å²) in [5.41, 5.74) is 2.55. The van der Waals surface area contributed by atoms with E-state index in [4.69, 9.17) is 16.3 Å². The Morgan fingerprint density at radius 2 is 1.50 bits per heavy atom. The van der Waals surface area contributed by atoms with E-state index in [9.17, 15) is 18.8 Å². The van der Waals surface area contributed by atoms with E-state index < -0.39 is 22.9 Å². The van der Waals surface area contributed by atoms with E-state index in [1.807, 2.05) is 55.5 Å². The van der Waals surface area contributed by atoms with Gasteiger partial charge in [-0.15, -0.1) is 11.8 Å². The molecule has 3 amide bonds. The molecule has 0 bridgehead atoms. The van der Waals surface area contributed by atoms with Gasteiger partial charge >= 0.3 is 0 Å². The molecule has 5 rings (SSSR count). The lowest BCUT2D eigenvalue weighted by molar-refractivity contribution is -0.116. The topological polar surface area (TPSA) is 96.5 Å². The molecule has 3 N–H and O–H groups in total. The Bertz CT molecular complexity index is 1940. The number of anilines is 2. The number of amides is 3. The van der Waals surface area contributed by atoms with Crippen LogP contribution in [0.3, 0.4) is 0 Å².